The Morgan fingerprint density at radius 3 is 2.45 bits per heavy atom. The Morgan fingerprint density at radius 2 is 1.86 bits per heavy atom. The van der Waals surface area contributed by atoms with Crippen LogP contribution < -0.4 is 5.32 Å². The van der Waals surface area contributed by atoms with E-state index < -0.39 is 30.1 Å². The molecule has 0 fully saturated rings. The van der Waals surface area contributed by atoms with Crippen LogP contribution in [0.1, 0.15) is 30.3 Å². The predicted molar refractivity (Wildman–Crippen MR) is 104 cm³/mol. The van der Waals surface area contributed by atoms with Gasteiger partial charge in [-0.3, -0.25) is 4.79 Å². The fourth-order valence-electron chi connectivity index (χ4n) is 2.87. The zero-order valence-electron chi connectivity index (χ0n) is 16.4. The summed E-state index contributed by atoms with van der Waals surface area (Å²) in [5.41, 5.74) is 2.26. The molecule has 0 unspecified atom stereocenters. The number of nitriles is 1. The Bertz CT molecular complexity index is 983. The molecule has 1 amide bonds. The van der Waals surface area contributed by atoms with Crippen LogP contribution in [0.4, 0.5) is 14.5 Å². The van der Waals surface area contributed by atoms with Crippen molar-refractivity contribution in [2.75, 3.05) is 11.9 Å². The molecular weight excluding hydrogens is 380 g/mol. The van der Waals surface area contributed by atoms with Gasteiger partial charge < -0.3 is 14.6 Å². The number of hydrogen-bond acceptors (Lipinski definition) is 4. The number of rotatable bonds is 7. The van der Waals surface area contributed by atoms with Crippen molar-refractivity contribution in [3.63, 3.8) is 0 Å². The zero-order valence-corrected chi connectivity index (χ0v) is 16.4. The van der Waals surface area contributed by atoms with Crippen molar-refractivity contribution in [1.82, 2.24) is 4.57 Å². The van der Waals surface area contributed by atoms with Gasteiger partial charge in [-0.1, -0.05) is 6.92 Å². The number of esters is 1. The van der Waals surface area contributed by atoms with Gasteiger partial charge in [-0.05, 0) is 50.1 Å². The topological polar surface area (TPSA) is 84.1 Å². The third-order valence-corrected chi connectivity index (χ3v) is 4.18. The van der Waals surface area contributed by atoms with Crippen LogP contribution in [0.5, 0.6) is 0 Å². The molecule has 1 aromatic carbocycles. The minimum atomic E-state index is -0.964. The molecule has 0 atom stereocenters. The first-order valence-corrected chi connectivity index (χ1v) is 8.96. The number of benzene rings is 1. The van der Waals surface area contributed by atoms with E-state index >= 15 is 0 Å². The predicted octanol–water partition coefficient (Wildman–Crippen LogP) is 3.88. The summed E-state index contributed by atoms with van der Waals surface area (Å²) in [5.74, 6) is -3.46. The maximum absolute atomic E-state index is 13.1. The van der Waals surface area contributed by atoms with Crippen molar-refractivity contribution in [2.24, 2.45) is 0 Å². The molecule has 0 aliphatic rings. The van der Waals surface area contributed by atoms with Gasteiger partial charge in [-0.2, -0.15) is 5.26 Å². The molecule has 1 N–H and O–H groups in total. The molecule has 2 rings (SSSR count). The Morgan fingerprint density at radius 1 is 1.21 bits per heavy atom. The van der Waals surface area contributed by atoms with Crippen LogP contribution in [0, 0.1) is 36.8 Å². The van der Waals surface area contributed by atoms with Crippen LogP contribution in [0.3, 0.4) is 0 Å². The van der Waals surface area contributed by atoms with E-state index in [2.05, 4.69) is 16.8 Å². The van der Waals surface area contributed by atoms with Crippen molar-refractivity contribution in [3.8, 4) is 6.07 Å². The van der Waals surface area contributed by atoms with Gasteiger partial charge in [0.1, 0.15) is 23.3 Å². The van der Waals surface area contributed by atoms with Crippen molar-refractivity contribution >= 4 is 23.6 Å². The fourth-order valence-corrected chi connectivity index (χ4v) is 2.87. The molecule has 0 radical (unpaired) electrons. The normalized spacial score (nSPS) is 11.1. The minimum absolute atomic E-state index is 0.108. The maximum atomic E-state index is 13.1. The Hall–Kier alpha value is -3.47. The highest BCUT2D eigenvalue weighted by Crippen LogP contribution is 2.19. The molecule has 8 heteroatoms. The number of carbonyl (C=O) groups excluding carboxylic acids is 2. The van der Waals surface area contributed by atoms with Gasteiger partial charge in [-0.15, -0.1) is 0 Å². The SMILES string of the molecule is CCCn1c(C)cc(/C=C(\C#N)C(=O)OCC(=O)Nc2cc(F)cc(F)c2)c1C. The van der Waals surface area contributed by atoms with Crippen LogP contribution in [-0.2, 0) is 20.9 Å². The highest BCUT2D eigenvalue weighted by Gasteiger charge is 2.16. The van der Waals surface area contributed by atoms with E-state index in [4.69, 9.17) is 4.74 Å². The largest absolute Gasteiger partial charge is 0.451 e. The molecule has 6 nitrogen and oxygen atoms in total. The molecule has 0 spiro atoms. The standard InChI is InChI=1S/C21H21F2N3O3/c1-4-5-26-13(2)6-15(14(26)3)7-16(11-24)21(28)29-12-20(27)25-19-9-17(22)8-18(23)10-19/h6-10H,4-5,12H2,1-3H3,(H,25,27)/b16-7+. The first-order valence-electron chi connectivity index (χ1n) is 8.96. The minimum Gasteiger partial charge on any atom is -0.451 e. The first kappa shape index (κ1) is 21.8. The lowest BCUT2D eigenvalue weighted by atomic mass is 10.1. The number of nitrogens with zero attached hydrogens (tertiary/aromatic N) is 2. The van der Waals surface area contributed by atoms with Crippen molar-refractivity contribution in [1.29, 1.82) is 5.26 Å². The number of amides is 1. The molecule has 0 bridgehead atoms. The van der Waals surface area contributed by atoms with E-state index in [1.165, 1.54) is 6.08 Å². The number of anilines is 1. The lowest BCUT2D eigenvalue weighted by Crippen LogP contribution is -2.21. The van der Waals surface area contributed by atoms with Crippen LogP contribution in [-0.4, -0.2) is 23.1 Å². The molecular formula is C21H21F2N3O3. The lowest BCUT2D eigenvalue weighted by molar-refractivity contribution is -0.142. The molecule has 1 heterocycles. The summed E-state index contributed by atoms with van der Waals surface area (Å²) in [6, 6.07) is 6.15. The lowest BCUT2D eigenvalue weighted by Gasteiger charge is -2.07. The van der Waals surface area contributed by atoms with Gasteiger partial charge in [0.15, 0.2) is 6.61 Å². The molecule has 2 aromatic rings. The second-order valence-corrected chi connectivity index (χ2v) is 6.43. The Kier molecular flexibility index (Phi) is 7.26. The maximum Gasteiger partial charge on any atom is 0.349 e. The summed E-state index contributed by atoms with van der Waals surface area (Å²) in [6.07, 6.45) is 2.35. The second-order valence-electron chi connectivity index (χ2n) is 6.43. The third kappa shape index (κ3) is 5.75. The van der Waals surface area contributed by atoms with Gasteiger partial charge in [0.2, 0.25) is 0 Å². The number of ether oxygens (including phenoxy) is 1. The van der Waals surface area contributed by atoms with Gasteiger partial charge in [0.05, 0.1) is 0 Å². The highest BCUT2D eigenvalue weighted by molar-refractivity contribution is 6.00. The van der Waals surface area contributed by atoms with Crippen molar-refractivity contribution in [2.45, 2.75) is 33.7 Å². The average molecular weight is 401 g/mol. The monoisotopic (exact) mass is 401 g/mol. The zero-order chi connectivity index (χ0) is 21.6. The molecule has 152 valence electrons. The molecule has 1 aromatic heterocycles. The van der Waals surface area contributed by atoms with E-state index in [9.17, 15) is 23.6 Å². The van der Waals surface area contributed by atoms with E-state index in [0.29, 0.717) is 11.6 Å². The van der Waals surface area contributed by atoms with Gasteiger partial charge in [0.25, 0.3) is 5.91 Å². The van der Waals surface area contributed by atoms with Crippen LogP contribution in [0.2, 0.25) is 0 Å². The number of aromatic nitrogens is 1. The second kappa shape index (κ2) is 9.64. The summed E-state index contributed by atoms with van der Waals surface area (Å²) in [5, 5.41) is 11.5. The molecule has 0 aliphatic carbocycles. The van der Waals surface area contributed by atoms with E-state index in [1.54, 1.807) is 6.07 Å². The van der Waals surface area contributed by atoms with Gasteiger partial charge >= 0.3 is 5.97 Å². The number of halogens is 2. The Balaban J connectivity index is 2.05. The quantitative estimate of drug-likeness (QED) is 0.434. The van der Waals surface area contributed by atoms with Gasteiger partial charge in [0, 0.05) is 29.7 Å². The number of nitrogens with one attached hydrogen (secondary N) is 1. The molecule has 0 saturated heterocycles. The summed E-state index contributed by atoms with van der Waals surface area (Å²) >= 11 is 0. The molecule has 0 saturated carbocycles. The summed E-state index contributed by atoms with van der Waals surface area (Å²) < 4.78 is 33.2. The smallest absolute Gasteiger partial charge is 0.349 e. The first-order chi connectivity index (χ1) is 13.7. The van der Waals surface area contributed by atoms with Crippen molar-refractivity contribution in [3.05, 3.63) is 58.4 Å². The average Bonchev–Trinajstić information content (AvgIpc) is 2.91. The van der Waals surface area contributed by atoms with Crippen LogP contribution in [0.25, 0.3) is 6.08 Å². The summed E-state index contributed by atoms with van der Waals surface area (Å²) in [6.45, 7) is 5.99. The van der Waals surface area contributed by atoms with E-state index in [1.807, 2.05) is 19.9 Å². The molecule has 0 aliphatic heterocycles. The van der Waals surface area contributed by atoms with Crippen LogP contribution in [0.15, 0.2) is 29.8 Å². The van der Waals surface area contributed by atoms with Gasteiger partial charge in [-0.25, -0.2) is 13.6 Å². The van der Waals surface area contributed by atoms with Crippen LogP contribution >= 0.6 is 0 Å². The summed E-state index contributed by atoms with van der Waals surface area (Å²) in [4.78, 5) is 24.0. The summed E-state index contributed by atoms with van der Waals surface area (Å²) in [7, 11) is 0. The Labute approximate surface area is 167 Å². The number of aryl methyl sites for hydroxylation is 1. The highest BCUT2D eigenvalue weighted by atomic mass is 19.1. The molecule has 29 heavy (non-hydrogen) atoms. The van der Waals surface area contributed by atoms with E-state index in [0.717, 1.165) is 36.5 Å². The van der Waals surface area contributed by atoms with E-state index in [-0.39, 0.29) is 11.3 Å². The number of hydrogen-bond donors (Lipinski definition) is 1. The third-order valence-electron chi connectivity index (χ3n) is 4.18. The number of carbonyl (C=O) groups is 2. The fraction of sp³-hybridized carbons (Fsp3) is 0.286. The van der Waals surface area contributed by atoms with Crippen molar-refractivity contribution < 1.29 is 23.1 Å².